The van der Waals surface area contributed by atoms with Crippen molar-refractivity contribution >= 4 is 35.2 Å². The number of nitrogens with one attached hydrogen (secondary N) is 3. The first-order chi connectivity index (χ1) is 16.1. The van der Waals surface area contributed by atoms with E-state index in [0.717, 1.165) is 24.3 Å². The third-order valence-electron chi connectivity index (χ3n) is 5.31. The van der Waals surface area contributed by atoms with E-state index in [0.29, 0.717) is 25.7 Å². The highest BCUT2D eigenvalue weighted by atomic mass is 35.5. The molecule has 0 atom stereocenters. The molecule has 0 unspecified atom stereocenters. The third-order valence-corrected chi connectivity index (χ3v) is 5.53. The van der Waals surface area contributed by atoms with Crippen molar-refractivity contribution in [3.05, 3.63) is 64.4 Å². The van der Waals surface area contributed by atoms with Gasteiger partial charge in [-0.3, -0.25) is 4.79 Å². The Morgan fingerprint density at radius 3 is 2.18 bits per heavy atom. The minimum absolute atomic E-state index is 0.0113. The molecule has 0 radical (unpaired) electrons. The van der Waals surface area contributed by atoms with Gasteiger partial charge < -0.3 is 20.9 Å². The lowest BCUT2D eigenvalue weighted by atomic mass is 9.91. The first-order valence-electron chi connectivity index (χ1n) is 10.7. The summed E-state index contributed by atoms with van der Waals surface area (Å²) >= 11 is 5.92. The number of guanidine groups is 1. The molecule has 1 fully saturated rings. The molecule has 182 valence electrons. The Labute approximate surface area is 200 Å². The molecule has 3 N–H and O–H groups in total. The number of nitrogens with zero attached hydrogens (tertiary/aromatic N) is 2. The highest BCUT2D eigenvalue weighted by Crippen LogP contribution is 2.21. The molecule has 0 spiro atoms. The lowest BCUT2D eigenvalue weighted by molar-refractivity contribution is 0.100. The molecule has 11 heteroatoms. The number of hydrogen-bond donors (Lipinski definition) is 3. The van der Waals surface area contributed by atoms with Crippen molar-refractivity contribution < 1.29 is 22.8 Å². The summed E-state index contributed by atoms with van der Waals surface area (Å²) in [6, 6.07) is 6.25. The summed E-state index contributed by atoms with van der Waals surface area (Å²) in [6.07, 6.45) is 2.74. The number of rotatable bonds is 4. The molecule has 2 aromatic carbocycles. The van der Waals surface area contributed by atoms with Gasteiger partial charge in [-0.2, -0.15) is 4.99 Å². The lowest BCUT2D eigenvalue weighted by Crippen LogP contribution is -2.47. The fraction of sp³-hybridized carbons (Fsp3) is 0.348. The average molecular weight is 496 g/mol. The minimum Gasteiger partial charge on any atom is -0.353 e. The zero-order valence-corrected chi connectivity index (χ0v) is 19.4. The van der Waals surface area contributed by atoms with Crippen LogP contribution in [0.25, 0.3) is 0 Å². The fourth-order valence-electron chi connectivity index (χ4n) is 3.53. The van der Waals surface area contributed by atoms with Crippen molar-refractivity contribution in [2.75, 3.05) is 19.4 Å². The molecule has 3 amide bonds. The van der Waals surface area contributed by atoms with Crippen molar-refractivity contribution in [3.63, 3.8) is 0 Å². The highest BCUT2D eigenvalue weighted by molar-refractivity contribution is 6.31. The molecule has 2 aromatic rings. The molecule has 1 saturated carbocycles. The number of aliphatic imine (C=N–C) groups is 1. The summed E-state index contributed by atoms with van der Waals surface area (Å²) in [5.41, 5.74) is 0.105. The van der Waals surface area contributed by atoms with Crippen molar-refractivity contribution in [1.82, 2.24) is 15.5 Å². The molecule has 0 aromatic heterocycles. The summed E-state index contributed by atoms with van der Waals surface area (Å²) in [7, 11) is 3.33. The van der Waals surface area contributed by atoms with Crippen molar-refractivity contribution in [2.24, 2.45) is 4.99 Å². The number of carbonyl (C=O) groups is 2. The summed E-state index contributed by atoms with van der Waals surface area (Å²) < 4.78 is 40.6. The molecule has 0 saturated heterocycles. The standard InChI is InChI=1S/C23H25ClF3N5O2/c1-32(2)23(34)30-17-6-4-16(5-7-17)28-22(29-18-11-14(24)10-15(25)12-18)31-21(33)13-3-8-19(26)20(27)9-13/h3,8-12,16-17H,4-7H2,1-2H3,(H,30,34)(H2,28,29,31,33)/t16-,17-. The van der Waals surface area contributed by atoms with E-state index in [1.54, 1.807) is 14.1 Å². The van der Waals surface area contributed by atoms with Gasteiger partial charge in [0.05, 0.1) is 0 Å². The van der Waals surface area contributed by atoms with E-state index in [4.69, 9.17) is 11.6 Å². The quantitative estimate of drug-likeness (QED) is 0.429. The Morgan fingerprint density at radius 1 is 0.941 bits per heavy atom. The Bertz CT molecular complexity index is 1070. The summed E-state index contributed by atoms with van der Waals surface area (Å²) in [6.45, 7) is 0. The smallest absolute Gasteiger partial charge is 0.317 e. The minimum atomic E-state index is -1.17. The highest BCUT2D eigenvalue weighted by Gasteiger charge is 2.24. The Kier molecular flexibility index (Phi) is 8.38. The predicted octanol–water partition coefficient (Wildman–Crippen LogP) is 4.54. The number of halogens is 4. The molecule has 0 heterocycles. The number of anilines is 1. The van der Waals surface area contributed by atoms with Gasteiger partial charge in [-0.1, -0.05) is 11.6 Å². The van der Waals surface area contributed by atoms with Gasteiger partial charge in [0.1, 0.15) is 5.82 Å². The lowest BCUT2D eigenvalue weighted by Gasteiger charge is -2.31. The molecule has 3 rings (SSSR count). The van der Waals surface area contributed by atoms with Gasteiger partial charge in [-0.25, -0.2) is 18.0 Å². The number of hydrogen-bond acceptors (Lipinski definition) is 2. The SMILES string of the molecule is CN(C)C(=O)N[C@H]1CC[C@H](N/C(=N\C(=O)c2ccc(F)c(F)c2)Nc2cc(F)cc(Cl)c2)CC1. The second-order valence-corrected chi connectivity index (χ2v) is 8.65. The molecule has 7 nitrogen and oxygen atoms in total. The van der Waals surface area contributed by atoms with E-state index < -0.39 is 23.4 Å². The van der Waals surface area contributed by atoms with Crippen LogP contribution in [0, 0.1) is 17.5 Å². The average Bonchev–Trinajstić information content (AvgIpc) is 2.76. The Morgan fingerprint density at radius 2 is 1.59 bits per heavy atom. The topological polar surface area (TPSA) is 85.8 Å². The van der Waals surface area contributed by atoms with Gasteiger partial charge in [-0.05, 0) is 62.1 Å². The van der Waals surface area contributed by atoms with Crippen molar-refractivity contribution in [1.29, 1.82) is 0 Å². The second kappa shape index (κ2) is 11.2. The van der Waals surface area contributed by atoms with Gasteiger partial charge >= 0.3 is 6.03 Å². The van der Waals surface area contributed by atoms with Crippen LogP contribution in [-0.2, 0) is 0 Å². The zero-order chi connectivity index (χ0) is 24.8. The molecule has 0 aliphatic heterocycles. The normalized spacial score (nSPS) is 18.2. The van der Waals surface area contributed by atoms with Crippen LogP contribution in [0.4, 0.5) is 23.7 Å². The van der Waals surface area contributed by atoms with E-state index >= 15 is 0 Å². The van der Waals surface area contributed by atoms with E-state index in [9.17, 15) is 22.8 Å². The van der Waals surface area contributed by atoms with Crippen LogP contribution in [-0.4, -0.2) is 49.0 Å². The number of urea groups is 1. The molecule has 0 bridgehead atoms. The van der Waals surface area contributed by atoms with Gasteiger partial charge in [-0.15, -0.1) is 0 Å². The number of benzene rings is 2. The van der Waals surface area contributed by atoms with Crippen LogP contribution < -0.4 is 16.0 Å². The maximum absolute atomic E-state index is 13.8. The van der Waals surface area contributed by atoms with Crippen LogP contribution in [0.15, 0.2) is 41.4 Å². The van der Waals surface area contributed by atoms with Crippen LogP contribution >= 0.6 is 11.6 Å². The summed E-state index contributed by atoms with van der Waals surface area (Å²) in [5, 5.41) is 9.06. The van der Waals surface area contributed by atoms with Gasteiger partial charge in [0.25, 0.3) is 5.91 Å². The van der Waals surface area contributed by atoms with Crippen molar-refractivity contribution in [2.45, 2.75) is 37.8 Å². The van der Waals surface area contributed by atoms with Gasteiger partial charge in [0, 0.05) is 42.5 Å². The second-order valence-electron chi connectivity index (χ2n) is 8.21. The molecular weight excluding hydrogens is 471 g/mol. The predicted molar refractivity (Wildman–Crippen MR) is 125 cm³/mol. The molecular formula is C23H25ClF3N5O2. The van der Waals surface area contributed by atoms with E-state index in [-0.39, 0.29) is 40.3 Å². The van der Waals surface area contributed by atoms with Gasteiger partial charge in [0.15, 0.2) is 11.6 Å². The zero-order valence-electron chi connectivity index (χ0n) is 18.7. The van der Waals surface area contributed by atoms with Crippen LogP contribution in [0.1, 0.15) is 36.0 Å². The molecule has 1 aliphatic carbocycles. The molecule has 1 aliphatic rings. The fourth-order valence-corrected chi connectivity index (χ4v) is 3.76. The maximum Gasteiger partial charge on any atom is 0.317 e. The van der Waals surface area contributed by atoms with E-state index in [1.165, 1.54) is 17.0 Å². The van der Waals surface area contributed by atoms with E-state index in [2.05, 4.69) is 20.9 Å². The first-order valence-corrected chi connectivity index (χ1v) is 11.0. The third kappa shape index (κ3) is 7.11. The Hall–Kier alpha value is -3.27. The monoisotopic (exact) mass is 495 g/mol. The number of carbonyl (C=O) groups excluding carboxylic acids is 2. The van der Waals surface area contributed by atoms with Crippen molar-refractivity contribution in [3.8, 4) is 0 Å². The molecule has 34 heavy (non-hydrogen) atoms. The van der Waals surface area contributed by atoms with Crippen LogP contribution in [0.5, 0.6) is 0 Å². The first kappa shape index (κ1) is 25.4. The summed E-state index contributed by atoms with van der Waals surface area (Å²) in [4.78, 5) is 29.9. The van der Waals surface area contributed by atoms with Crippen LogP contribution in [0.2, 0.25) is 5.02 Å². The van der Waals surface area contributed by atoms with E-state index in [1.807, 2.05) is 0 Å². The largest absolute Gasteiger partial charge is 0.353 e. The summed E-state index contributed by atoms with van der Waals surface area (Å²) in [5.74, 6) is -3.64. The van der Waals surface area contributed by atoms with Gasteiger partial charge in [0.2, 0.25) is 5.96 Å². The Balaban J connectivity index is 1.75. The van der Waals surface area contributed by atoms with Crippen LogP contribution in [0.3, 0.4) is 0 Å². The number of amides is 3. The maximum atomic E-state index is 13.8.